The monoisotopic (exact) mass is 301 g/mol. The number of hydrogen-bond acceptors (Lipinski definition) is 6. The topological polar surface area (TPSA) is 79.7 Å². The number of carbonyl (C=O) groups excluding carboxylic acids is 1. The molecule has 0 saturated carbocycles. The second-order valence-corrected chi connectivity index (χ2v) is 5.42. The number of aromatic nitrogens is 1. The number of benzene rings is 2. The van der Waals surface area contributed by atoms with E-state index in [4.69, 9.17) is 4.74 Å². The molecule has 1 heterocycles. The quantitative estimate of drug-likeness (QED) is 0.727. The van der Waals surface area contributed by atoms with Crippen LogP contribution in [0.5, 0.6) is 17.2 Å². The van der Waals surface area contributed by atoms with Gasteiger partial charge in [-0.2, -0.15) is 0 Å². The van der Waals surface area contributed by atoms with Gasteiger partial charge in [0.15, 0.2) is 16.5 Å². The molecule has 106 valence electrons. The maximum absolute atomic E-state index is 12.4. The summed E-state index contributed by atoms with van der Waals surface area (Å²) in [5.74, 6) is 0.0590. The maximum atomic E-state index is 12.4. The molecule has 3 rings (SSSR count). The van der Waals surface area contributed by atoms with E-state index in [0.29, 0.717) is 21.8 Å². The minimum atomic E-state index is -0.284. The van der Waals surface area contributed by atoms with Gasteiger partial charge in [0.2, 0.25) is 5.78 Å². The second-order valence-electron chi connectivity index (χ2n) is 4.39. The number of rotatable bonds is 3. The third kappa shape index (κ3) is 2.41. The van der Waals surface area contributed by atoms with Crippen LogP contribution in [0.3, 0.4) is 0 Å². The number of ketones is 1. The molecule has 6 heteroatoms. The number of carbonyl (C=O) groups is 1. The van der Waals surface area contributed by atoms with Crippen molar-refractivity contribution in [3.05, 3.63) is 47.0 Å². The molecule has 5 nitrogen and oxygen atoms in total. The lowest BCUT2D eigenvalue weighted by atomic mass is 10.1. The first kappa shape index (κ1) is 13.4. The summed E-state index contributed by atoms with van der Waals surface area (Å²) in [5.41, 5.74) is 0.982. The van der Waals surface area contributed by atoms with E-state index < -0.39 is 0 Å². The van der Waals surface area contributed by atoms with Crippen molar-refractivity contribution in [1.29, 1.82) is 0 Å². The average Bonchev–Trinajstić information content (AvgIpc) is 2.89. The maximum Gasteiger partial charge on any atom is 0.221 e. The molecule has 21 heavy (non-hydrogen) atoms. The van der Waals surface area contributed by atoms with E-state index in [1.165, 1.54) is 36.6 Å². The Balaban J connectivity index is 2.01. The van der Waals surface area contributed by atoms with Gasteiger partial charge in [0.25, 0.3) is 0 Å². The number of methoxy groups -OCH3 is 1. The number of ether oxygens (including phenoxy) is 1. The molecule has 0 spiro atoms. The zero-order valence-electron chi connectivity index (χ0n) is 11.0. The largest absolute Gasteiger partial charge is 0.508 e. The van der Waals surface area contributed by atoms with E-state index in [-0.39, 0.29) is 17.3 Å². The Bertz CT molecular complexity index is 841. The number of phenolic OH excluding ortho intramolecular Hbond substituents is 2. The molecule has 0 atom stereocenters. The van der Waals surface area contributed by atoms with Gasteiger partial charge in [-0.15, -0.1) is 11.3 Å². The van der Waals surface area contributed by atoms with Crippen LogP contribution in [0, 0.1) is 0 Å². The Hall–Kier alpha value is -2.60. The summed E-state index contributed by atoms with van der Waals surface area (Å²) in [7, 11) is 1.44. The average molecular weight is 301 g/mol. The van der Waals surface area contributed by atoms with E-state index in [0.717, 1.165) is 4.70 Å². The molecule has 0 aliphatic rings. The highest BCUT2D eigenvalue weighted by Crippen LogP contribution is 2.30. The van der Waals surface area contributed by atoms with Crippen LogP contribution in [0.25, 0.3) is 10.2 Å². The van der Waals surface area contributed by atoms with Crippen LogP contribution in [-0.2, 0) is 0 Å². The highest BCUT2D eigenvalue weighted by molar-refractivity contribution is 7.20. The summed E-state index contributed by atoms with van der Waals surface area (Å²) in [6.07, 6.45) is 0. The molecule has 0 unspecified atom stereocenters. The van der Waals surface area contributed by atoms with Gasteiger partial charge in [0, 0.05) is 5.56 Å². The molecule has 0 amide bonds. The first-order chi connectivity index (χ1) is 10.1. The van der Waals surface area contributed by atoms with E-state index in [1.807, 2.05) is 0 Å². The molecule has 2 N–H and O–H groups in total. The number of thiazole rings is 1. The fourth-order valence-corrected chi connectivity index (χ4v) is 2.93. The van der Waals surface area contributed by atoms with Crippen molar-refractivity contribution in [3.63, 3.8) is 0 Å². The molecule has 0 aliphatic carbocycles. The van der Waals surface area contributed by atoms with E-state index in [9.17, 15) is 15.0 Å². The summed E-state index contributed by atoms with van der Waals surface area (Å²) in [5, 5.41) is 19.5. The molecule has 0 bridgehead atoms. The third-order valence-corrected chi connectivity index (χ3v) is 4.02. The first-order valence-electron chi connectivity index (χ1n) is 6.10. The molecule has 3 aromatic rings. The first-order valence-corrected chi connectivity index (χ1v) is 6.91. The standard InChI is InChI=1S/C15H11NO4S/c1-20-12-5-2-8(6-11(12)18)14(19)15-16-10-4-3-9(17)7-13(10)21-15/h2-7,17-18H,1H3. The highest BCUT2D eigenvalue weighted by Gasteiger charge is 2.16. The SMILES string of the molecule is COc1ccc(C(=O)c2nc3ccc(O)cc3s2)cc1O. The van der Waals surface area contributed by atoms with E-state index >= 15 is 0 Å². The van der Waals surface area contributed by atoms with Crippen molar-refractivity contribution in [2.45, 2.75) is 0 Å². The Morgan fingerprint density at radius 1 is 1.19 bits per heavy atom. The minimum Gasteiger partial charge on any atom is -0.508 e. The number of fused-ring (bicyclic) bond motifs is 1. The smallest absolute Gasteiger partial charge is 0.221 e. The van der Waals surface area contributed by atoms with Crippen molar-refractivity contribution in [2.24, 2.45) is 0 Å². The number of hydrogen-bond donors (Lipinski definition) is 2. The van der Waals surface area contributed by atoms with Crippen molar-refractivity contribution in [1.82, 2.24) is 4.98 Å². The molecule has 1 aromatic heterocycles. The van der Waals surface area contributed by atoms with Gasteiger partial charge in [-0.05, 0) is 36.4 Å². The molecule has 2 aromatic carbocycles. The van der Waals surface area contributed by atoms with Crippen LogP contribution in [0.2, 0.25) is 0 Å². The van der Waals surface area contributed by atoms with Gasteiger partial charge >= 0.3 is 0 Å². The van der Waals surface area contributed by atoms with Crippen LogP contribution in [-0.4, -0.2) is 28.1 Å². The zero-order chi connectivity index (χ0) is 15.0. The molecular formula is C15H11NO4S. The fraction of sp³-hybridized carbons (Fsp3) is 0.0667. The Labute approximate surface area is 124 Å². The number of aromatic hydroxyl groups is 2. The zero-order valence-corrected chi connectivity index (χ0v) is 11.8. The summed E-state index contributed by atoms with van der Waals surface area (Å²) in [6.45, 7) is 0. The highest BCUT2D eigenvalue weighted by atomic mass is 32.1. The Kier molecular flexibility index (Phi) is 3.23. The lowest BCUT2D eigenvalue weighted by Crippen LogP contribution is -2.00. The second kappa shape index (κ2) is 5.06. The van der Waals surface area contributed by atoms with Gasteiger partial charge in [-0.25, -0.2) is 4.98 Å². The predicted molar refractivity (Wildman–Crippen MR) is 79.4 cm³/mol. The Morgan fingerprint density at radius 3 is 2.71 bits per heavy atom. The lowest BCUT2D eigenvalue weighted by Gasteiger charge is -2.04. The Morgan fingerprint density at radius 2 is 2.00 bits per heavy atom. The van der Waals surface area contributed by atoms with Crippen molar-refractivity contribution in [2.75, 3.05) is 7.11 Å². The van der Waals surface area contributed by atoms with Crippen LogP contribution < -0.4 is 4.74 Å². The van der Waals surface area contributed by atoms with E-state index in [2.05, 4.69) is 4.98 Å². The van der Waals surface area contributed by atoms with Gasteiger partial charge in [-0.1, -0.05) is 0 Å². The summed E-state index contributed by atoms with van der Waals surface area (Å²) in [6, 6.07) is 9.20. The number of nitrogens with zero attached hydrogens (tertiary/aromatic N) is 1. The molecular weight excluding hydrogens is 290 g/mol. The van der Waals surface area contributed by atoms with Crippen LogP contribution in [0.15, 0.2) is 36.4 Å². The van der Waals surface area contributed by atoms with Gasteiger partial charge in [0.1, 0.15) is 5.75 Å². The summed E-state index contributed by atoms with van der Waals surface area (Å²) in [4.78, 5) is 16.6. The molecule has 0 fully saturated rings. The van der Waals surface area contributed by atoms with Crippen molar-refractivity contribution in [3.8, 4) is 17.2 Å². The van der Waals surface area contributed by atoms with Gasteiger partial charge in [-0.3, -0.25) is 4.79 Å². The summed E-state index contributed by atoms with van der Waals surface area (Å²) >= 11 is 1.20. The predicted octanol–water partition coefficient (Wildman–Crippen LogP) is 2.95. The molecule has 0 saturated heterocycles. The van der Waals surface area contributed by atoms with Crippen LogP contribution in [0.1, 0.15) is 15.4 Å². The molecule has 0 aliphatic heterocycles. The van der Waals surface area contributed by atoms with E-state index in [1.54, 1.807) is 18.2 Å². The van der Waals surface area contributed by atoms with Gasteiger partial charge in [0.05, 0.1) is 17.3 Å². The van der Waals surface area contributed by atoms with Gasteiger partial charge < -0.3 is 14.9 Å². The van der Waals surface area contributed by atoms with Crippen molar-refractivity contribution >= 4 is 27.3 Å². The normalized spacial score (nSPS) is 10.7. The fourth-order valence-electron chi connectivity index (χ4n) is 1.97. The third-order valence-electron chi connectivity index (χ3n) is 3.01. The molecule has 0 radical (unpaired) electrons. The minimum absolute atomic E-state index is 0.0953. The number of phenols is 2. The lowest BCUT2D eigenvalue weighted by molar-refractivity contribution is 0.103. The van der Waals surface area contributed by atoms with Crippen LogP contribution >= 0.6 is 11.3 Å². The van der Waals surface area contributed by atoms with Crippen LogP contribution in [0.4, 0.5) is 0 Å². The summed E-state index contributed by atoms with van der Waals surface area (Å²) < 4.78 is 5.68. The van der Waals surface area contributed by atoms with Crippen molar-refractivity contribution < 1.29 is 19.7 Å².